The van der Waals surface area contributed by atoms with Crippen LogP contribution < -0.4 is 0 Å². The third kappa shape index (κ3) is 3.88. The molecule has 0 radical (unpaired) electrons. The van der Waals surface area contributed by atoms with Gasteiger partial charge in [0.2, 0.25) is 0 Å². The lowest BCUT2D eigenvalue weighted by Gasteiger charge is -2.26. The van der Waals surface area contributed by atoms with E-state index in [-0.39, 0.29) is 16.9 Å². The molecule has 0 saturated heterocycles. The van der Waals surface area contributed by atoms with Crippen molar-refractivity contribution in [2.75, 3.05) is 0 Å². The fourth-order valence-electron chi connectivity index (χ4n) is 3.63. The summed E-state index contributed by atoms with van der Waals surface area (Å²) in [6.07, 6.45) is 0. The summed E-state index contributed by atoms with van der Waals surface area (Å²) in [4.78, 5) is 0. The molecule has 4 aromatic carbocycles. The summed E-state index contributed by atoms with van der Waals surface area (Å²) in [5, 5.41) is 18.9. The van der Waals surface area contributed by atoms with Gasteiger partial charge in [-0.1, -0.05) is 86.6 Å². The SMILES string of the molecule is CC(C)(c1ccc(-c2ccc(O)cc2)cc1)c1ccc(-c2ccc(O)cc2)cc1. The lowest BCUT2D eigenvalue weighted by atomic mass is 9.77. The van der Waals surface area contributed by atoms with Crippen LogP contribution >= 0.6 is 0 Å². The van der Waals surface area contributed by atoms with E-state index in [1.54, 1.807) is 24.3 Å². The van der Waals surface area contributed by atoms with Gasteiger partial charge < -0.3 is 10.2 Å². The number of phenols is 2. The van der Waals surface area contributed by atoms with Crippen LogP contribution in [-0.4, -0.2) is 10.2 Å². The molecule has 144 valence electrons. The van der Waals surface area contributed by atoms with Crippen LogP contribution in [-0.2, 0) is 5.41 Å². The highest BCUT2D eigenvalue weighted by atomic mass is 16.3. The van der Waals surface area contributed by atoms with E-state index in [4.69, 9.17) is 0 Å². The molecule has 2 heteroatoms. The van der Waals surface area contributed by atoms with Gasteiger partial charge in [0.25, 0.3) is 0 Å². The highest BCUT2D eigenvalue weighted by molar-refractivity contribution is 5.66. The van der Waals surface area contributed by atoms with Crippen LogP contribution in [0.15, 0.2) is 97.1 Å². The molecule has 0 aromatic heterocycles. The Labute approximate surface area is 171 Å². The Bertz CT molecular complexity index is 998. The van der Waals surface area contributed by atoms with Gasteiger partial charge in [0, 0.05) is 5.41 Å². The van der Waals surface area contributed by atoms with E-state index < -0.39 is 0 Å². The standard InChI is InChI=1S/C27H24O2/c1-27(2,23-11-3-19(4-12-23)21-7-15-25(28)16-8-21)24-13-5-20(6-14-24)22-9-17-26(29)18-10-22/h3-18,28-29H,1-2H3. The maximum atomic E-state index is 9.47. The molecular weight excluding hydrogens is 356 g/mol. The first-order chi connectivity index (χ1) is 13.9. The monoisotopic (exact) mass is 380 g/mol. The van der Waals surface area contributed by atoms with Gasteiger partial charge in [-0.25, -0.2) is 0 Å². The number of hydrogen-bond donors (Lipinski definition) is 2. The molecule has 29 heavy (non-hydrogen) atoms. The topological polar surface area (TPSA) is 40.5 Å². The minimum absolute atomic E-state index is 0.124. The second kappa shape index (κ2) is 7.48. The van der Waals surface area contributed by atoms with Crippen LogP contribution in [0.1, 0.15) is 25.0 Å². The van der Waals surface area contributed by atoms with Gasteiger partial charge in [0.05, 0.1) is 0 Å². The molecule has 0 spiro atoms. The Morgan fingerprint density at radius 3 is 0.931 bits per heavy atom. The number of benzene rings is 4. The average molecular weight is 380 g/mol. The molecule has 2 N–H and O–H groups in total. The average Bonchev–Trinajstić information content (AvgIpc) is 2.75. The van der Waals surface area contributed by atoms with E-state index in [9.17, 15) is 10.2 Å². The van der Waals surface area contributed by atoms with Crippen molar-refractivity contribution in [2.24, 2.45) is 0 Å². The molecule has 2 nitrogen and oxygen atoms in total. The minimum Gasteiger partial charge on any atom is -0.508 e. The summed E-state index contributed by atoms with van der Waals surface area (Å²) in [5.74, 6) is 0.560. The van der Waals surface area contributed by atoms with Crippen molar-refractivity contribution in [2.45, 2.75) is 19.3 Å². The Morgan fingerprint density at radius 2 is 0.655 bits per heavy atom. The largest absolute Gasteiger partial charge is 0.508 e. The predicted octanol–water partition coefficient (Wildman–Crippen LogP) is 6.76. The van der Waals surface area contributed by atoms with Gasteiger partial charge in [0.15, 0.2) is 0 Å². The first kappa shape index (κ1) is 18.8. The van der Waals surface area contributed by atoms with Gasteiger partial charge in [-0.15, -0.1) is 0 Å². The number of phenolic OH excluding ortho intramolecular Hbond substituents is 2. The molecule has 0 atom stereocenters. The second-order valence-electron chi connectivity index (χ2n) is 7.87. The Balaban J connectivity index is 1.59. The van der Waals surface area contributed by atoms with Crippen molar-refractivity contribution in [1.82, 2.24) is 0 Å². The number of rotatable bonds is 4. The van der Waals surface area contributed by atoms with Gasteiger partial charge in [-0.3, -0.25) is 0 Å². The van der Waals surface area contributed by atoms with Gasteiger partial charge in [-0.05, 0) is 57.6 Å². The maximum Gasteiger partial charge on any atom is 0.115 e. The molecule has 4 rings (SSSR count). The lowest BCUT2D eigenvalue weighted by Crippen LogP contribution is -2.18. The molecule has 0 saturated carbocycles. The van der Waals surface area contributed by atoms with Crippen LogP contribution in [0.5, 0.6) is 11.5 Å². The normalized spacial score (nSPS) is 11.4. The lowest BCUT2D eigenvalue weighted by molar-refractivity contribution is 0.475. The second-order valence-corrected chi connectivity index (χ2v) is 7.87. The zero-order valence-electron chi connectivity index (χ0n) is 16.6. The van der Waals surface area contributed by atoms with Crippen LogP contribution in [0.3, 0.4) is 0 Å². The van der Waals surface area contributed by atoms with Crippen molar-refractivity contribution < 1.29 is 10.2 Å². The van der Waals surface area contributed by atoms with Crippen LogP contribution in [0, 0.1) is 0 Å². The summed E-state index contributed by atoms with van der Waals surface area (Å²) < 4.78 is 0. The highest BCUT2D eigenvalue weighted by Gasteiger charge is 2.23. The summed E-state index contributed by atoms with van der Waals surface area (Å²) >= 11 is 0. The van der Waals surface area contributed by atoms with Crippen molar-refractivity contribution in [3.63, 3.8) is 0 Å². The van der Waals surface area contributed by atoms with Crippen LogP contribution in [0.4, 0.5) is 0 Å². The van der Waals surface area contributed by atoms with Gasteiger partial charge in [-0.2, -0.15) is 0 Å². The Hall–Kier alpha value is -3.52. The third-order valence-electron chi connectivity index (χ3n) is 5.61. The predicted molar refractivity (Wildman–Crippen MR) is 119 cm³/mol. The molecular formula is C27H24O2. The Morgan fingerprint density at radius 1 is 0.414 bits per heavy atom. The highest BCUT2D eigenvalue weighted by Crippen LogP contribution is 2.34. The fourth-order valence-corrected chi connectivity index (χ4v) is 3.63. The van der Waals surface area contributed by atoms with E-state index >= 15 is 0 Å². The molecule has 0 fully saturated rings. The molecule has 0 heterocycles. The molecule has 0 amide bonds. The molecule has 0 bridgehead atoms. The van der Waals surface area contributed by atoms with E-state index in [1.165, 1.54) is 11.1 Å². The quantitative estimate of drug-likeness (QED) is 0.411. The smallest absolute Gasteiger partial charge is 0.115 e. The zero-order valence-corrected chi connectivity index (χ0v) is 16.6. The Kier molecular flexibility index (Phi) is 4.85. The minimum atomic E-state index is -0.124. The van der Waals surface area contributed by atoms with E-state index in [2.05, 4.69) is 62.4 Å². The molecule has 0 aliphatic carbocycles. The van der Waals surface area contributed by atoms with E-state index in [0.717, 1.165) is 22.3 Å². The first-order valence-electron chi connectivity index (χ1n) is 9.73. The van der Waals surface area contributed by atoms with Gasteiger partial charge >= 0.3 is 0 Å². The van der Waals surface area contributed by atoms with Crippen LogP contribution in [0.25, 0.3) is 22.3 Å². The summed E-state index contributed by atoms with van der Waals surface area (Å²) in [5.41, 5.74) is 6.81. The number of hydrogen-bond acceptors (Lipinski definition) is 2. The molecule has 0 aliphatic heterocycles. The first-order valence-corrected chi connectivity index (χ1v) is 9.73. The molecule has 0 aliphatic rings. The van der Waals surface area contributed by atoms with Crippen molar-refractivity contribution >= 4 is 0 Å². The van der Waals surface area contributed by atoms with E-state index in [0.29, 0.717) is 0 Å². The summed E-state index contributed by atoms with van der Waals surface area (Å²) in [6.45, 7) is 4.47. The fraction of sp³-hybridized carbons (Fsp3) is 0.111. The van der Waals surface area contributed by atoms with Crippen molar-refractivity contribution in [3.05, 3.63) is 108 Å². The number of aromatic hydroxyl groups is 2. The van der Waals surface area contributed by atoms with Crippen molar-refractivity contribution in [3.8, 4) is 33.8 Å². The van der Waals surface area contributed by atoms with Crippen molar-refractivity contribution in [1.29, 1.82) is 0 Å². The van der Waals surface area contributed by atoms with Gasteiger partial charge in [0.1, 0.15) is 11.5 Å². The maximum absolute atomic E-state index is 9.47. The summed E-state index contributed by atoms with van der Waals surface area (Å²) in [6, 6.07) is 31.8. The van der Waals surface area contributed by atoms with E-state index in [1.807, 2.05) is 24.3 Å². The zero-order chi connectivity index (χ0) is 20.4. The molecule has 4 aromatic rings. The van der Waals surface area contributed by atoms with Crippen LogP contribution in [0.2, 0.25) is 0 Å². The third-order valence-corrected chi connectivity index (χ3v) is 5.61. The molecule has 0 unspecified atom stereocenters. The summed E-state index contributed by atoms with van der Waals surface area (Å²) in [7, 11) is 0.